The molecular formula is C34H22NOP. The van der Waals surface area contributed by atoms with E-state index in [0.29, 0.717) is 0 Å². The van der Waals surface area contributed by atoms with Gasteiger partial charge in [-0.2, -0.15) is 0 Å². The summed E-state index contributed by atoms with van der Waals surface area (Å²) < 4.78 is 17.9. The van der Waals surface area contributed by atoms with E-state index in [4.69, 9.17) is 0 Å². The zero-order valence-electron chi connectivity index (χ0n) is 20.0. The highest BCUT2D eigenvalue weighted by molar-refractivity contribution is 7.81. The Bertz CT molecular complexity index is 1930. The number of nitrogens with zero attached hydrogens (tertiary/aromatic N) is 1. The second kappa shape index (κ2) is 7.56. The number of hydrogen-bond donors (Lipinski definition) is 0. The normalized spacial score (nSPS) is 16.8. The summed E-state index contributed by atoms with van der Waals surface area (Å²) in [6.07, 6.45) is 0. The molecule has 174 valence electrons. The van der Waals surface area contributed by atoms with Crippen LogP contribution in [0.4, 0.5) is 11.4 Å². The van der Waals surface area contributed by atoms with E-state index >= 15 is 4.57 Å². The standard InChI is InChI=1S/C34H22NOP/c36-37-33-19-8-5-15-29(33)27-13-3-6-17-31(27)35(37)32-18-7-4-14-28(32)30-21-20-24(22-34(30)37)26-16-9-11-23-10-1-2-12-25(23)26/h1-22H. The van der Waals surface area contributed by atoms with E-state index in [1.807, 2.05) is 24.3 Å². The minimum atomic E-state index is -3.24. The summed E-state index contributed by atoms with van der Waals surface area (Å²) >= 11 is 0. The topological polar surface area (TPSA) is 20.3 Å². The molecule has 37 heavy (non-hydrogen) atoms. The molecule has 2 heterocycles. The number of fused-ring (bicyclic) bond motifs is 12. The number of hydrogen-bond acceptors (Lipinski definition) is 1. The van der Waals surface area contributed by atoms with Crippen molar-refractivity contribution in [2.45, 2.75) is 0 Å². The SMILES string of the molecule is O=P12c3ccccc3-c3ccccc3N1c1ccccc1-c1ccc(-c3cccc4ccccc34)cc12. The van der Waals surface area contributed by atoms with Gasteiger partial charge >= 0.3 is 0 Å². The largest absolute Gasteiger partial charge is 0.289 e. The van der Waals surface area contributed by atoms with Gasteiger partial charge in [0, 0.05) is 21.7 Å². The van der Waals surface area contributed by atoms with Crippen LogP contribution >= 0.6 is 7.29 Å². The quantitative estimate of drug-likeness (QED) is 0.215. The Morgan fingerprint density at radius 2 is 1.03 bits per heavy atom. The number of benzene rings is 6. The molecule has 0 N–H and O–H groups in total. The van der Waals surface area contributed by atoms with Crippen LogP contribution in [-0.4, -0.2) is 0 Å². The van der Waals surface area contributed by atoms with E-state index in [0.717, 1.165) is 55.4 Å². The van der Waals surface area contributed by atoms with Gasteiger partial charge in [-0.1, -0.05) is 109 Å². The molecule has 6 aromatic rings. The summed E-state index contributed by atoms with van der Waals surface area (Å²) in [6.45, 7) is 0. The third-order valence-electron chi connectivity index (χ3n) is 7.78. The molecule has 2 aliphatic heterocycles. The highest BCUT2D eigenvalue weighted by Crippen LogP contribution is 2.65. The second-order valence-electron chi connectivity index (χ2n) is 9.70. The van der Waals surface area contributed by atoms with Crippen molar-refractivity contribution in [1.29, 1.82) is 0 Å². The molecule has 6 aromatic carbocycles. The Kier molecular flexibility index (Phi) is 4.24. The van der Waals surface area contributed by atoms with Crippen LogP contribution in [-0.2, 0) is 4.57 Å². The molecule has 2 nitrogen and oxygen atoms in total. The van der Waals surface area contributed by atoms with Crippen molar-refractivity contribution in [3.05, 3.63) is 133 Å². The first-order valence-corrected chi connectivity index (χ1v) is 14.2. The zero-order chi connectivity index (χ0) is 24.6. The molecule has 0 radical (unpaired) electrons. The molecule has 0 aliphatic carbocycles. The third-order valence-corrected chi connectivity index (χ3v) is 10.8. The van der Waals surface area contributed by atoms with Crippen LogP contribution in [0, 0.1) is 0 Å². The van der Waals surface area contributed by atoms with Crippen LogP contribution in [0.15, 0.2) is 133 Å². The smallest absolute Gasteiger partial charge is 0.235 e. The van der Waals surface area contributed by atoms with Gasteiger partial charge in [0.25, 0.3) is 0 Å². The van der Waals surface area contributed by atoms with Crippen LogP contribution in [0.5, 0.6) is 0 Å². The van der Waals surface area contributed by atoms with Crippen LogP contribution < -0.4 is 15.3 Å². The number of anilines is 2. The molecule has 1 unspecified atom stereocenters. The summed E-state index contributed by atoms with van der Waals surface area (Å²) in [5, 5.41) is 4.21. The molecule has 8 rings (SSSR count). The molecular weight excluding hydrogens is 469 g/mol. The predicted molar refractivity (Wildman–Crippen MR) is 156 cm³/mol. The van der Waals surface area contributed by atoms with Gasteiger partial charge in [0.05, 0.1) is 11.4 Å². The fourth-order valence-electron chi connectivity index (χ4n) is 6.17. The predicted octanol–water partition coefficient (Wildman–Crippen LogP) is 8.53. The van der Waals surface area contributed by atoms with E-state index in [9.17, 15) is 0 Å². The van der Waals surface area contributed by atoms with E-state index in [1.54, 1.807) is 0 Å². The molecule has 0 saturated heterocycles. The van der Waals surface area contributed by atoms with Gasteiger partial charge in [-0.3, -0.25) is 9.24 Å². The fraction of sp³-hybridized carbons (Fsp3) is 0. The molecule has 0 saturated carbocycles. The third kappa shape index (κ3) is 2.74. The lowest BCUT2D eigenvalue weighted by Gasteiger charge is -2.44. The Morgan fingerprint density at radius 1 is 0.459 bits per heavy atom. The summed E-state index contributed by atoms with van der Waals surface area (Å²) in [5.41, 5.74) is 8.57. The first kappa shape index (κ1) is 20.8. The van der Waals surface area contributed by atoms with E-state index in [-0.39, 0.29) is 0 Å². The summed E-state index contributed by atoms with van der Waals surface area (Å²) in [5.74, 6) is 0. The Morgan fingerprint density at radius 3 is 1.81 bits per heavy atom. The minimum absolute atomic E-state index is 0.901. The van der Waals surface area contributed by atoms with Crippen molar-refractivity contribution in [2.24, 2.45) is 0 Å². The maximum atomic E-state index is 15.8. The van der Waals surface area contributed by atoms with Crippen molar-refractivity contribution in [1.82, 2.24) is 0 Å². The maximum absolute atomic E-state index is 15.8. The summed E-state index contributed by atoms with van der Waals surface area (Å²) in [4.78, 5) is 0. The highest BCUT2D eigenvalue weighted by Gasteiger charge is 2.47. The van der Waals surface area contributed by atoms with E-state index < -0.39 is 7.29 Å². The monoisotopic (exact) mass is 491 g/mol. The lowest BCUT2D eigenvalue weighted by Crippen LogP contribution is -2.37. The van der Waals surface area contributed by atoms with Crippen LogP contribution in [0.3, 0.4) is 0 Å². The van der Waals surface area contributed by atoms with Crippen molar-refractivity contribution < 1.29 is 4.57 Å². The average Bonchev–Trinajstić information content (AvgIpc) is 2.97. The summed E-state index contributed by atoms with van der Waals surface area (Å²) in [6, 6.07) is 46.4. The van der Waals surface area contributed by atoms with E-state index in [1.165, 1.54) is 10.8 Å². The maximum Gasteiger partial charge on any atom is 0.235 e. The molecule has 0 bridgehead atoms. The van der Waals surface area contributed by atoms with Crippen molar-refractivity contribution in [2.75, 3.05) is 4.67 Å². The molecule has 0 amide bonds. The van der Waals surface area contributed by atoms with Crippen molar-refractivity contribution in [3.8, 4) is 33.4 Å². The average molecular weight is 492 g/mol. The first-order valence-electron chi connectivity index (χ1n) is 12.6. The van der Waals surface area contributed by atoms with Gasteiger partial charge in [0.15, 0.2) is 0 Å². The van der Waals surface area contributed by atoms with E-state index in [2.05, 4.69) is 114 Å². The Labute approximate surface area is 215 Å². The van der Waals surface area contributed by atoms with Gasteiger partial charge < -0.3 is 0 Å². The van der Waals surface area contributed by atoms with Gasteiger partial charge in [-0.25, -0.2) is 0 Å². The summed E-state index contributed by atoms with van der Waals surface area (Å²) in [7, 11) is -3.24. The first-order chi connectivity index (χ1) is 18.2. The molecule has 0 fully saturated rings. The molecule has 0 aromatic heterocycles. The van der Waals surface area contributed by atoms with Crippen molar-refractivity contribution in [3.63, 3.8) is 0 Å². The molecule has 3 heteroatoms. The van der Waals surface area contributed by atoms with Crippen LogP contribution in [0.1, 0.15) is 0 Å². The lowest BCUT2D eigenvalue weighted by molar-refractivity contribution is 0.586. The zero-order valence-corrected chi connectivity index (χ0v) is 20.9. The second-order valence-corrected chi connectivity index (χ2v) is 12.2. The van der Waals surface area contributed by atoms with Gasteiger partial charge in [0.2, 0.25) is 7.29 Å². The lowest BCUT2D eigenvalue weighted by atomic mass is 9.95. The highest BCUT2D eigenvalue weighted by atomic mass is 31.2. The Balaban J connectivity index is 1.49. The van der Waals surface area contributed by atoms with Crippen LogP contribution in [0.25, 0.3) is 44.2 Å². The molecule has 2 aliphatic rings. The minimum Gasteiger partial charge on any atom is -0.289 e. The fourth-order valence-corrected chi connectivity index (χ4v) is 9.46. The van der Waals surface area contributed by atoms with Crippen LogP contribution in [0.2, 0.25) is 0 Å². The molecule has 0 spiro atoms. The van der Waals surface area contributed by atoms with Gasteiger partial charge in [-0.05, 0) is 57.3 Å². The van der Waals surface area contributed by atoms with Gasteiger partial charge in [0.1, 0.15) is 0 Å². The Hall–Kier alpha value is -4.39. The van der Waals surface area contributed by atoms with Crippen molar-refractivity contribution >= 4 is 40.0 Å². The van der Waals surface area contributed by atoms with Gasteiger partial charge in [-0.15, -0.1) is 0 Å². The molecule has 1 atom stereocenters. The number of para-hydroxylation sites is 2. The number of rotatable bonds is 1.